The molecule has 1 aliphatic carbocycles. The molecule has 1 aliphatic rings. The summed E-state index contributed by atoms with van der Waals surface area (Å²) >= 11 is 0. The Morgan fingerprint density at radius 1 is 1.14 bits per heavy atom. The molecular weight excluding hydrogens is 366 g/mol. The molecule has 2 atom stereocenters. The number of rotatable bonds is 6. The number of methoxy groups -OCH3 is 1. The highest BCUT2D eigenvalue weighted by atomic mass is 16.5. The van der Waals surface area contributed by atoms with E-state index in [1.54, 1.807) is 20.1 Å². The molecule has 2 aromatic rings. The van der Waals surface area contributed by atoms with E-state index in [0.717, 1.165) is 28.1 Å². The van der Waals surface area contributed by atoms with Gasteiger partial charge in [0.1, 0.15) is 11.7 Å². The van der Waals surface area contributed by atoms with Crippen LogP contribution in [-0.2, 0) is 14.3 Å². The maximum atomic E-state index is 13.0. The summed E-state index contributed by atoms with van der Waals surface area (Å²) in [5.74, 6) is -1.04. The van der Waals surface area contributed by atoms with Crippen LogP contribution in [0.3, 0.4) is 0 Å². The summed E-state index contributed by atoms with van der Waals surface area (Å²) in [4.78, 5) is 27.6. The van der Waals surface area contributed by atoms with Gasteiger partial charge in [-0.3, -0.25) is 9.59 Å². The molecule has 0 saturated heterocycles. The molecule has 0 radical (unpaired) electrons. The molecular formula is C24H27NO4. The highest BCUT2D eigenvalue weighted by Gasteiger charge is 2.39. The first-order valence-corrected chi connectivity index (χ1v) is 9.77. The minimum Gasteiger partial charge on any atom is -0.497 e. The van der Waals surface area contributed by atoms with E-state index >= 15 is 0 Å². The van der Waals surface area contributed by atoms with Gasteiger partial charge in [0, 0.05) is 25.7 Å². The maximum absolute atomic E-state index is 13.0. The van der Waals surface area contributed by atoms with Crippen molar-refractivity contribution < 1.29 is 19.1 Å². The number of ketones is 1. The largest absolute Gasteiger partial charge is 0.497 e. The summed E-state index contributed by atoms with van der Waals surface area (Å²) in [6, 6.07) is 15.6. The van der Waals surface area contributed by atoms with E-state index in [2.05, 4.69) is 0 Å². The van der Waals surface area contributed by atoms with Gasteiger partial charge >= 0.3 is 5.97 Å². The van der Waals surface area contributed by atoms with Crippen molar-refractivity contribution in [3.05, 3.63) is 65.7 Å². The first kappa shape index (κ1) is 20.6. The molecule has 0 N–H and O–H groups in total. The lowest BCUT2D eigenvalue weighted by Gasteiger charge is -2.30. The second-order valence-electron chi connectivity index (χ2n) is 7.33. The Labute approximate surface area is 171 Å². The van der Waals surface area contributed by atoms with E-state index in [1.165, 1.54) is 0 Å². The number of anilines is 1. The Bertz CT molecular complexity index is 915. The first-order chi connectivity index (χ1) is 13.9. The normalized spacial score (nSPS) is 18.8. The number of benzene rings is 2. The van der Waals surface area contributed by atoms with Gasteiger partial charge in [0.25, 0.3) is 0 Å². The van der Waals surface area contributed by atoms with E-state index in [-0.39, 0.29) is 18.3 Å². The van der Waals surface area contributed by atoms with Crippen LogP contribution in [0.15, 0.2) is 54.6 Å². The Balaban J connectivity index is 2.01. The van der Waals surface area contributed by atoms with Gasteiger partial charge in [-0.25, -0.2) is 0 Å². The second kappa shape index (κ2) is 8.95. The molecule has 0 fully saturated rings. The van der Waals surface area contributed by atoms with Gasteiger partial charge in [-0.1, -0.05) is 24.3 Å². The number of esters is 1. The predicted molar refractivity (Wildman–Crippen MR) is 114 cm³/mol. The van der Waals surface area contributed by atoms with Crippen molar-refractivity contribution in [1.29, 1.82) is 0 Å². The number of ether oxygens (including phenoxy) is 2. The summed E-state index contributed by atoms with van der Waals surface area (Å²) in [6.45, 7) is 2.00. The number of carbonyl (C=O) groups is 2. The molecule has 2 aromatic carbocycles. The molecule has 3 rings (SSSR count). The molecule has 29 heavy (non-hydrogen) atoms. The molecule has 0 aliphatic heterocycles. The lowest BCUT2D eigenvalue weighted by Crippen LogP contribution is -2.34. The van der Waals surface area contributed by atoms with Gasteiger partial charge < -0.3 is 14.4 Å². The maximum Gasteiger partial charge on any atom is 0.317 e. The summed E-state index contributed by atoms with van der Waals surface area (Å²) in [7, 11) is 5.57. The van der Waals surface area contributed by atoms with Crippen LogP contribution in [0.4, 0.5) is 5.69 Å². The van der Waals surface area contributed by atoms with Gasteiger partial charge in [-0.05, 0) is 60.4 Å². The summed E-state index contributed by atoms with van der Waals surface area (Å²) in [5.41, 5.74) is 3.84. The van der Waals surface area contributed by atoms with E-state index in [9.17, 15) is 9.59 Å². The smallest absolute Gasteiger partial charge is 0.317 e. The Hall–Kier alpha value is -3.08. The molecule has 152 valence electrons. The highest BCUT2D eigenvalue weighted by Crippen LogP contribution is 2.41. The molecule has 0 heterocycles. The fraction of sp³-hybridized carbons (Fsp3) is 0.333. The molecule has 0 aromatic heterocycles. The average Bonchev–Trinajstić information content (AvgIpc) is 2.73. The van der Waals surface area contributed by atoms with Crippen molar-refractivity contribution in [2.24, 2.45) is 5.92 Å². The van der Waals surface area contributed by atoms with Crippen LogP contribution in [-0.4, -0.2) is 39.6 Å². The van der Waals surface area contributed by atoms with Crippen molar-refractivity contribution in [1.82, 2.24) is 0 Å². The van der Waals surface area contributed by atoms with Crippen molar-refractivity contribution in [2.75, 3.05) is 32.7 Å². The van der Waals surface area contributed by atoms with Crippen LogP contribution in [0.2, 0.25) is 0 Å². The van der Waals surface area contributed by atoms with Crippen molar-refractivity contribution in [3.8, 4) is 5.75 Å². The van der Waals surface area contributed by atoms with E-state index in [4.69, 9.17) is 9.47 Å². The van der Waals surface area contributed by atoms with Crippen LogP contribution in [0.1, 0.15) is 30.4 Å². The summed E-state index contributed by atoms with van der Waals surface area (Å²) in [5, 5.41) is 0. The van der Waals surface area contributed by atoms with Crippen LogP contribution >= 0.6 is 0 Å². The zero-order chi connectivity index (χ0) is 21.0. The fourth-order valence-corrected chi connectivity index (χ4v) is 3.74. The third kappa shape index (κ3) is 4.50. The molecule has 0 spiro atoms. The van der Waals surface area contributed by atoms with Crippen LogP contribution in [0, 0.1) is 5.92 Å². The van der Waals surface area contributed by atoms with Gasteiger partial charge in [0.05, 0.1) is 13.7 Å². The molecule has 0 saturated carbocycles. The lowest BCUT2D eigenvalue weighted by molar-refractivity contribution is -0.151. The zero-order valence-electron chi connectivity index (χ0n) is 17.3. The number of nitrogens with zero attached hydrogens (tertiary/aromatic N) is 1. The summed E-state index contributed by atoms with van der Waals surface area (Å²) < 4.78 is 10.5. The molecule has 0 unspecified atom stereocenters. The topological polar surface area (TPSA) is 55.8 Å². The van der Waals surface area contributed by atoms with E-state index in [1.807, 2.05) is 67.5 Å². The van der Waals surface area contributed by atoms with Crippen molar-refractivity contribution >= 4 is 23.0 Å². The monoisotopic (exact) mass is 393 g/mol. The SMILES string of the molecule is CCOC(=O)[C@@H]1C(=O)C=C(c2cccc(OC)c2)C[C@H]1c1ccc(N(C)C)cc1. The van der Waals surface area contributed by atoms with Gasteiger partial charge in [0.15, 0.2) is 5.78 Å². The molecule has 0 bridgehead atoms. The molecule has 5 nitrogen and oxygen atoms in total. The number of allylic oxidation sites excluding steroid dienone is 2. The standard InChI is InChI=1S/C24H27NO4/c1-5-29-24(27)23-21(16-9-11-19(12-10-16)25(2)3)14-18(15-22(23)26)17-7-6-8-20(13-17)28-4/h6-13,15,21,23H,5,14H2,1-4H3/t21-,23-/m0/s1. The number of carbonyl (C=O) groups excluding carboxylic acids is 2. The van der Waals surface area contributed by atoms with Crippen LogP contribution in [0.5, 0.6) is 5.75 Å². The average molecular weight is 393 g/mol. The van der Waals surface area contributed by atoms with Gasteiger partial charge in [-0.2, -0.15) is 0 Å². The molecule has 0 amide bonds. The number of hydrogen-bond donors (Lipinski definition) is 0. The van der Waals surface area contributed by atoms with E-state index in [0.29, 0.717) is 6.42 Å². The third-order valence-electron chi connectivity index (χ3n) is 5.28. The predicted octanol–water partition coefficient (Wildman–Crippen LogP) is 4.08. The van der Waals surface area contributed by atoms with Crippen LogP contribution in [0.25, 0.3) is 5.57 Å². The van der Waals surface area contributed by atoms with Crippen molar-refractivity contribution in [2.45, 2.75) is 19.3 Å². The molecule has 5 heteroatoms. The summed E-state index contributed by atoms with van der Waals surface area (Å²) in [6.07, 6.45) is 2.16. The first-order valence-electron chi connectivity index (χ1n) is 9.77. The van der Waals surface area contributed by atoms with Gasteiger partial charge in [0.2, 0.25) is 0 Å². The fourth-order valence-electron chi connectivity index (χ4n) is 3.74. The minimum absolute atomic E-state index is 0.214. The quantitative estimate of drug-likeness (QED) is 0.547. The highest BCUT2D eigenvalue weighted by molar-refractivity contribution is 6.10. The van der Waals surface area contributed by atoms with Gasteiger partial charge in [-0.15, -0.1) is 0 Å². The van der Waals surface area contributed by atoms with Crippen molar-refractivity contribution in [3.63, 3.8) is 0 Å². The zero-order valence-corrected chi connectivity index (χ0v) is 17.3. The number of hydrogen-bond acceptors (Lipinski definition) is 5. The van der Waals surface area contributed by atoms with Crippen LogP contribution < -0.4 is 9.64 Å². The minimum atomic E-state index is -0.825. The lowest BCUT2D eigenvalue weighted by atomic mass is 9.73. The third-order valence-corrected chi connectivity index (χ3v) is 5.28. The van der Waals surface area contributed by atoms with E-state index < -0.39 is 11.9 Å². The Morgan fingerprint density at radius 3 is 2.48 bits per heavy atom. The Morgan fingerprint density at radius 2 is 1.86 bits per heavy atom. The Kier molecular flexibility index (Phi) is 6.37. The second-order valence-corrected chi connectivity index (χ2v) is 7.33.